The summed E-state index contributed by atoms with van der Waals surface area (Å²) in [6.45, 7) is 7.28. The molecule has 2 aromatic heterocycles. The van der Waals surface area contributed by atoms with E-state index in [0.717, 1.165) is 69.4 Å². The lowest BCUT2D eigenvalue weighted by atomic mass is 9.96. The van der Waals surface area contributed by atoms with Gasteiger partial charge in [-0.15, -0.1) is 0 Å². The van der Waals surface area contributed by atoms with Crippen LogP contribution in [0.15, 0.2) is 85.3 Å². The van der Waals surface area contributed by atoms with Gasteiger partial charge in [-0.2, -0.15) is 4.98 Å². The fraction of sp³-hybridized carbons (Fsp3) is 0.333. The number of hydrogen-bond donors (Lipinski definition) is 0. The molecule has 190 valence electrons. The predicted molar refractivity (Wildman–Crippen MR) is 146 cm³/mol. The highest BCUT2D eigenvalue weighted by Gasteiger charge is 2.27. The number of rotatable bonds is 8. The van der Waals surface area contributed by atoms with Gasteiger partial charge >= 0.3 is 0 Å². The Kier molecular flexibility index (Phi) is 6.88. The van der Waals surface area contributed by atoms with Gasteiger partial charge in [-0.25, -0.2) is 4.98 Å². The van der Waals surface area contributed by atoms with E-state index in [1.807, 2.05) is 18.6 Å². The van der Waals surface area contributed by atoms with Gasteiger partial charge in [-0.05, 0) is 30.2 Å². The molecule has 2 aromatic carbocycles. The van der Waals surface area contributed by atoms with Crippen LogP contribution >= 0.6 is 0 Å². The topological polar surface area (TPSA) is 49.7 Å². The number of hydrogen-bond acceptors (Lipinski definition) is 6. The molecule has 0 radical (unpaired) electrons. The summed E-state index contributed by atoms with van der Waals surface area (Å²) in [7, 11) is 1.66. The highest BCUT2D eigenvalue weighted by Crippen LogP contribution is 2.32. The first-order chi connectivity index (χ1) is 18.3. The highest BCUT2D eigenvalue weighted by atomic mass is 16.5. The maximum absolute atomic E-state index is 5.38. The van der Waals surface area contributed by atoms with Gasteiger partial charge in [0.15, 0.2) is 5.82 Å². The number of aromatic nitrogens is 3. The predicted octanol–water partition coefficient (Wildman–Crippen LogP) is 4.39. The van der Waals surface area contributed by atoms with Gasteiger partial charge in [-0.3, -0.25) is 9.47 Å². The van der Waals surface area contributed by atoms with Crippen LogP contribution in [-0.4, -0.2) is 70.7 Å². The van der Waals surface area contributed by atoms with Crippen LogP contribution in [0.4, 0.5) is 5.69 Å². The Balaban J connectivity index is 1.07. The Morgan fingerprint density at radius 1 is 0.838 bits per heavy atom. The molecule has 1 saturated heterocycles. The SMILES string of the molecule is COc1ccc2c(n1)-n1cncc1CN2CCCN1CCN(C(c2ccccc2)c2ccccc2)CC1. The van der Waals surface area contributed by atoms with E-state index in [9.17, 15) is 0 Å². The van der Waals surface area contributed by atoms with Crippen molar-refractivity contribution in [3.63, 3.8) is 0 Å². The van der Waals surface area contributed by atoms with E-state index in [4.69, 9.17) is 9.72 Å². The minimum atomic E-state index is 0.309. The summed E-state index contributed by atoms with van der Waals surface area (Å²) in [6, 6.07) is 26.2. The van der Waals surface area contributed by atoms with Crippen LogP contribution in [0, 0.1) is 0 Å². The van der Waals surface area contributed by atoms with E-state index in [2.05, 4.69) is 91.0 Å². The summed E-state index contributed by atoms with van der Waals surface area (Å²) < 4.78 is 7.45. The number of nitrogens with zero attached hydrogens (tertiary/aromatic N) is 6. The fourth-order valence-corrected chi connectivity index (χ4v) is 5.69. The number of anilines is 1. The van der Waals surface area contributed by atoms with Crippen LogP contribution < -0.4 is 9.64 Å². The molecule has 0 aliphatic carbocycles. The average molecular weight is 495 g/mol. The van der Waals surface area contributed by atoms with Crippen LogP contribution in [0.1, 0.15) is 29.3 Å². The van der Waals surface area contributed by atoms with Crippen molar-refractivity contribution in [2.45, 2.75) is 19.0 Å². The molecule has 0 atom stereocenters. The second kappa shape index (κ2) is 10.7. The highest BCUT2D eigenvalue weighted by molar-refractivity contribution is 5.63. The van der Waals surface area contributed by atoms with Crippen LogP contribution in [0.3, 0.4) is 0 Å². The monoisotopic (exact) mass is 494 g/mol. The maximum Gasteiger partial charge on any atom is 0.215 e. The minimum Gasteiger partial charge on any atom is -0.481 e. The van der Waals surface area contributed by atoms with Crippen molar-refractivity contribution < 1.29 is 4.74 Å². The fourth-order valence-electron chi connectivity index (χ4n) is 5.69. The molecule has 7 heteroatoms. The standard InChI is InChI=1S/C30H34N6O/c1-37-28-14-13-27-30(32-28)36-23-31-21-26(36)22-35(27)16-8-15-33-17-19-34(20-18-33)29(24-9-4-2-5-10-24)25-11-6-3-7-12-25/h2-7,9-14,21,23,29H,8,15-20,22H2,1H3. The average Bonchev–Trinajstić information content (AvgIpc) is 3.44. The number of benzene rings is 2. The van der Waals surface area contributed by atoms with E-state index in [1.165, 1.54) is 11.1 Å². The van der Waals surface area contributed by atoms with Crippen LogP contribution in [-0.2, 0) is 6.54 Å². The van der Waals surface area contributed by atoms with E-state index >= 15 is 0 Å². The third kappa shape index (κ3) is 4.97. The summed E-state index contributed by atoms with van der Waals surface area (Å²) in [5.74, 6) is 1.53. The molecule has 0 unspecified atom stereocenters. The molecule has 1 fully saturated rings. The molecule has 37 heavy (non-hydrogen) atoms. The summed E-state index contributed by atoms with van der Waals surface area (Å²) in [4.78, 5) is 16.7. The van der Waals surface area contributed by atoms with Crippen molar-refractivity contribution in [1.29, 1.82) is 0 Å². The largest absolute Gasteiger partial charge is 0.481 e. The van der Waals surface area contributed by atoms with Crippen LogP contribution in [0.2, 0.25) is 0 Å². The lowest BCUT2D eigenvalue weighted by molar-refractivity contribution is 0.109. The summed E-state index contributed by atoms with van der Waals surface area (Å²) in [6.07, 6.45) is 4.89. The van der Waals surface area contributed by atoms with Crippen molar-refractivity contribution in [3.8, 4) is 11.7 Å². The smallest absolute Gasteiger partial charge is 0.215 e. The van der Waals surface area contributed by atoms with Crippen molar-refractivity contribution in [3.05, 3.63) is 102 Å². The van der Waals surface area contributed by atoms with Crippen LogP contribution in [0.5, 0.6) is 5.88 Å². The number of imidazole rings is 1. The van der Waals surface area contributed by atoms with Gasteiger partial charge in [-0.1, -0.05) is 60.7 Å². The van der Waals surface area contributed by atoms with Crippen molar-refractivity contribution in [2.75, 3.05) is 51.3 Å². The lowest BCUT2D eigenvalue weighted by Crippen LogP contribution is -2.48. The maximum atomic E-state index is 5.38. The van der Waals surface area contributed by atoms with Crippen molar-refractivity contribution >= 4 is 5.69 Å². The molecule has 0 bridgehead atoms. The number of pyridine rings is 1. The number of ether oxygens (including phenoxy) is 1. The zero-order chi connectivity index (χ0) is 25.0. The minimum absolute atomic E-state index is 0.309. The second-order valence-corrected chi connectivity index (χ2v) is 9.83. The summed E-state index contributed by atoms with van der Waals surface area (Å²) in [5, 5.41) is 0. The first kappa shape index (κ1) is 23.7. The summed E-state index contributed by atoms with van der Waals surface area (Å²) in [5.41, 5.74) is 5.05. The molecule has 0 N–H and O–H groups in total. The summed E-state index contributed by atoms with van der Waals surface area (Å²) >= 11 is 0. The van der Waals surface area contributed by atoms with Gasteiger partial charge < -0.3 is 14.5 Å². The van der Waals surface area contributed by atoms with E-state index in [0.29, 0.717) is 11.9 Å². The van der Waals surface area contributed by atoms with Gasteiger partial charge in [0, 0.05) is 38.8 Å². The lowest BCUT2D eigenvalue weighted by Gasteiger charge is -2.40. The molecule has 0 amide bonds. The molecule has 4 aromatic rings. The van der Waals surface area contributed by atoms with E-state index < -0.39 is 0 Å². The normalized spacial score (nSPS) is 16.0. The number of piperazine rings is 1. The molecular weight excluding hydrogens is 460 g/mol. The Morgan fingerprint density at radius 2 is 1.54 bits per heavy atom. The van der Waals surface area contributed by atoms with Gasteiger partial charge in [0.25, 0.3) is 0 Å². The van der Waals surface area contributed by atoms with Gasteiger partial charge in [0.05, 0.1) is 37.3 Å². The Labute approximate surface area is 218 Å². The van der Waals surface area contributed by atoms with Crippen molar-refractivity contribution in [1.82, 2.24) is 24.3 Å². The molecular formula is C30H34N6O. The third-order valence-electron chi connectivity index (χ3n) is 7.58. The zero-order valence-corrected chi connectivity index (χ0v) is 21.4. The number of fused-ring (bicyclic) bond motifs is 3. The second-order valence-electron chi connectivity index (χ2n) is 9.83. The van der Waals surface area contributed by atoms with Crippen molar-refractivity contribution in [2.24, 2.45) is 0 Å². The van der Waals surface area contributed by atoms with E-state index in [-0.39, 0.29) is 0 Å². The molecule has 6 rings (SSSR count). The van der Waals surface area contributed by atoms with Gasteiger partial charge in [0.2, 0.25) is 5.88 Å². The van der Waals surface area contributed by atoms with Crippen LogP contribution in [0.25, 0.3) is 5.82 Å². The zero-order valence-electron chi connectivity index (χ0n) is 21.4. The number of methoxy groups -OCH3 is 1. The molecule has 7 nitrogen and oxygen atoms in total. The first-order valence-corrected chi connectivity index (χ1v) is 13.2. The Hall–Kier alpha value is -3.68. The molecule has 0 saturated carbocycles. The van der Waals surface area contributed by atoms with E-state index in [1.54, 1.807) is 7.11 Å². The molecule has 4 heterocycles. The Bertz CT molecular complexity index is 1260. The first-order valence-electron chi connectivity index (χ1n) is 13.2. The third-order valence-corrected chi connectivity index (χ3v) is 7.58. The molecule has 2 aliphatic heterocycles. The molecule has 0 spiro atoms. The quantitative estimate of drug-likeness (QED) is 0.362. The van der Waals surface area contributed by atoms with Gasteiger partial charge in [0.1, 0.15) is 6.33 Å². The Morgan fingerprint density at radius 3 is 2.22 bits per heavy atom. The molecule has 2 aliphatic rings.